The highest BCUT2D eigenvalue weighted by Crippen LogP contribution is 2.22. The number of hydrogen-bond acceptors (Lipinski definition) is 3. The van der Waals surface area contributed by atoms with E-state index in [4.69, 9.17) is 12.2 Å². The number of thiocarbonyl (C=S) groups is 1. The summed E-state index contributed by atoms with van der Waals surface area (Å²) in [5.41, 5.74) is 0.978. The van der Waals surface area contributed by atoms with Crippen LogP contribution in [0.4, 0.5) is 0 Å². The lowest BCUT2D eigenvalue weighted by Crippen LogP contribution is -2.56. The van der Waals surface area contributed by atoms with Gasteiger partial charge >= 0.3 is 0 Å². The fourth-order valence-corrected chi connectivity index (χ4v) is 2.63. The number of carbonyl (C=O) groups excluding carboxylic acids is 2. The molecule has 0 unspecified atom stereocenters. The minimum atomic E-state index is -0.743. The zero-order valence-electron chi connectivity index (χ0n) is 10.6. The van der Waals surface area contributed by atoms with Gasteiger partial charge in [-0.2, -0.15) is 0 Å². The Kier molecular flexibility index (Phi) is 3.20. The maximum Gasteiger partial charge on any atom is 0.239 e. The van der Waals surface area contributed by atoms with E-state index >= 15 is 0 Å². The Morgan fingerprint density at radius 3 is 2.35 bits per heavy atom. The van der Waals surface area contributed by atoms with Crippen LogP contribution >= 0.6 is 12.2 Å². The summed E-state index contributed by atoms with van der Waals surface area (Å²) in [5.74, 6) is -1.43. The van der Waals surface area contributed by atoms with Crippen molar-refractivity contribution in [3.8, 4) is 0 Å². The topological polar surface area (TPSA) is 58.2 Å². The van der Waals surface area contributed by atoms with Gasteiger partial charge in [0.05, 0.1) is 0 Å². The smallest absolute Gasteiger partial charge is 0.239 e. The molecule has 4 nitrogen and oxygen atoms in total. The molecule has 1 aliphatic rings. The maximum atomic E-state index is 11.9. The molecule has 0 bridgehead atoms. The normalized spacial score (nSPS) is 16.1. The van der Waals surface area contributed by atoms with Gasteiger partial charge in [0.15, 0.2) is 5.11 Å². The van der Waals surface area contributed by atoms with Crippen molar-refractivity contribution in [3.05, 3.63) is 48.0 Å². The number of benzene rings is 2. The molecule has 0 atom stereocenters. The van der Waals surface area contributed by atoms with Crippen molar-refractivity contribution in [1.29, 1.82) is 0 Å². The molecule has 2 amide bonds. The van der Waals surface area contributed by atoms with Crippen molar-refractivity contribution in [2.45, 2.75) is 6.42 Å². The Balaban J connectivity index is 1.95. The molecule has 1 saturated heterocycles. The molecule has 5 heteroatoms. The van der Waals surface area contributed by atoms with Crippen LogP contribution < -0.4 is 10.6 Å². The van der Waals surface area contributed by atoms with E-state index in [0.29, 0.717) is 6.42 Å². The monoisotopic (exact) mass is 284 g/mol. The largest absolute Gasteiger partial charge is 0.302 e. The van der Waals surface area contributed by atoms with Crippen LogP contribution in [0.2, 0.25) is 0 Å². The third kappa shape index (κ3) is 2.28. The van der Waals surface area contributed by atoms with Crippen LogP contribution in [0.3, 0.4) is 0 Å². The lowest BCUT2D eigenvalue weighted by atomic mass is 9.93. The van der Waals surface area contributed by atoms with E-state index in [9.17, 15) is 9.59 Å². The fourth-order valence-electron chi connectivity index (χ4n) is 2.42. The van der Waals surface area contributed by atoms with Gasteiger partial charge in [-0.3, -0.25) is 9.59 Å². The summed E-state index contributed by atoms with van der Waals surface area (Å²) in [6.45, 7) is 0. The number of carbonyl (C=O) groups is 2. The van der Waals surface area contributed by atoms with Gasteiger partial charge in [0.25, 0.3) is 0 Å². The second-order valence-electron chi connectivity index (χ2n) is 4.70. The molecular formula is C15H12N2O2S. The quantitative estimate of drug-likeness (QED) is 0.649. The minimum Gasteiger partial charge on any atom is -0.302 e. The predicted molar refractivity (Wildman–Crippen MR) is 80.0 cm³/mol. The number of fused-ring (bicyclic) bond motifs is 1. The SMILES string of the molecule is O=C1NC(=S)NC(=O)C1Cc1cccc2ccccc12. The molecule has 100 valence electrons. The average molecular weight is 284 g/mol. The Bertz CT molecular complexity index is 701. The van der Waals surface area contributed by atoms with Crippen molar-refractivity contribution in [2.24, 2.45) is 5.92 Å². The van der Waals surface area contributed by atoms with Gasteiger partial charge in [-0.25, -0.2) is 0 Å². The van der Waals surface area contributed by atoms with Gasteiger partial charge in [-0.15, -0.1) is 0 Å². The first-order chi connectivity index (χ1) is 9.65. The molecule has 0 radical (unpaired) electrons. The molecule has 2 aromatic rings. The molecule has 0 spiro atoms. The molecule has 2 N–H and O–H groups in total. The van der Waals surface area contributed by atoms with Crippen molar-refractivity contribution < 1.29 is 9.59 Å². The van der Waals surface area contributed by atoms with Gasteiger partial charge in [0.1, 0.15) is 5.92 Å². The van der Waals surface area contributed by atoms with E-state index < -0.39 is 5.92 Å². The zero-order chi connectivity index (χ0) is 14.1. The van der Waals surface area contributed by atoms with Crippen LogP contribution in [0.1, 0.15) is 5.56 Å². The van der Waals surface area contributed by atoms with Crippen LogP contribution in [-0.2, 0) is 16.0 Å². The highest BCUT2D eigenvalue weighted by molar-refractivity contribution is 7.80. The van der Waals surface area contributed by atoms with E-state index in [1.165, 1.54) is 0 Å². The van der Waals surface area contributed by atoms with E-state index in [2.05, 4.69) is 10.6 Å². The maximum absolute atomic E-state index is 11.9. The van der Waals surface area contributed by atoms with E-state index in [1.54, 1.807) is 0 Å². The first-order valence-electron chi connectivity index (χ1n) is 6.27. The Morgan fingerprint density at radius 1 is 0.950 bits per heavy atom. The summed E-state index contributed by atoms with van der Waals surface area (Å²) in [6, 6.07) is 13.8. The lowest BCUT2D eigenvalue weighted by molar-refractivity contribution is -0.135. The number of hydrogen-bond donors (Lipinski definition) is 2. The Morgan fingerprint density at radius 2 is 1.60 bits per heavy atom. The average Bonchev–Trinajstić information content (AvgIpc) is 2.43. The van der Waals surface area contributed by atoms with Crippen molar-refractivity contribution in [2.75, 3.05) is 0 Å². The first kappa shape index (κ1) is 12.7. The highest BCUT2D eigenvalue weighted by Gasteiger charge is 2.32. The second kappa shape index (κ2) is 5.02. The highest BCUT2D eigenvalue weighted by atomic mass is 32.1. The summed E-state index contributed by atoms with van der Waals surface area (Å²) in [6.07, 6.45) is 0.363. The van der Waals surface area contributed by atoms with Crippen LogP contribution in [-0.4, -0.2) is 16.9 Å². The molecule has 0 aromatic heterocycles. The summed E-state index contributed by atoms with van der Waals surface area (Å²) in [7, 11) is 0. The van der Waals surface area contributed by atoms with Crippen molar-refractivity contribution >= 4 is 39.9 Å². The van der Waals surface area contributed by atoms with Crippen molar-refractivity contribution in [3.63, 3.8) is 0 Å². The summed E-state index contributed by atoms with van der Waals surface area (Å²) in [5, 5.41) is 7.21. The third-order valence-electron chi connectivity index (χ3n) is 3.41. The van der Waals surface area contributed by atoms with Gasteiger partial charge in [0, 0.05) is 0 Å². The van der Waals surface area contributed by atoms with E-state index in [-0.39, 0.29) is 16.9 Å². The summed E-state index contributed by atoms with van der Waals surface area (Å²) < 4.78 is 0. The van der Waals surface area contributed by atoms with Gasteiger partial charge in [-0.1, -0.05) is 42.5 Å². The molecule has 0 aliphatic carbocycles. The van der Waals surface area contributed by atoms with Crippen LogP contribution in [0.25, 0.3) is 10.8 Å². The Hall–Kier alpha value is -2.27. The standard InChI is InChI=1S/C15H12N2O2S/c18-13-12(14(19)17-15(20)16-13)8-10-6-3-5-9-4-1-2-7-11(9)10/h1-7,12H,8H2,(H2,16,17,18,19,20). The van der Waals surface area contributed by atoms with Crippen LogP contribution in [0, 0.1) is 5.92 Å². The fraction of sp³-hybridized carbons (Fsp3) is 0.133. The van der Waals surface area contributed by atoms with Crippen LogP contribution in [0.5, 0.6) is 0 Å². The predicted octanol–water partition coefficient (Wildman–Crippen LogP) is 1.53. The van der Waals surface area contributed by atoms with Gasteiger partial charge < -0.3 is 10.6 Å². The van der Waals surface area contributed by atoms with Crippen LogP contribution in [0.15, 0.2) is 42.5 Å². The molecule has 1 fully saturated rings. The minimum absolute atomic E-state index is 0.0779. The second-order valence-corrected chi connectivity index (χ2v) is 5.11. The van der Waals surface area contributed by atoms with Gasteiger partial charge in [0.2, 0.25) is 11.8 Å². The summed E-state index contributed by atoms with van der Waals surface area (Å²) in [4.78, 5) is 23.8. The van der Waals surface area contributed by atoms with Crippen molar-refractivity contribution in [1.82, 2.24) is 10.6 Å². The lowest BCUT2D eigenvalue weighted by Gasteiger charge is -2.22. The number of rotatable bonds is 2. The molecule has 20 heavy (non-hydrogen) atoms. The molecule has 1 aliphatic heterocycles. The number of amides is 2. The molecule has 2 aromatic carbocycles. The van der Waals surface area contributed by atoms with E-state index in [0.717, 1.165) is 16.3 Å². The van der Waals surface area contributed by atoms with E-state index in [1.807, 2.05) is 42.5 Å². The summed E-state index contributed by atoms with van der Waals surface area (Å²) >= 11 is 4.79. The first-order valence-corrected chi connectivity index (χ1v) is 6.68. The molecule has 3 rings (SSSR count). The molecular weight excluding hydrogens is 272 g/mol. The zero-order valence-corrected chi connectivity index (χ0v) is 11.4. The van der Waals surface area contributed by atoms with Gasteiger partial charge in [-0.05, 0) is 35.0 Å². The molecule has 0 saturated carbocycles. The molecule has 1 heterocycles. The third-order valence-corrected chi connectivity index (χ3v) is 3.61. The Labute approximate surface area is 121 Å². The number of nitrogens with one attached hydrogen (secondary N) is 2.